The van der Waals surface area contributed by atoms with Gasteiger partial charge in [0, 0.05) is 6.07 Å². The molecule has 2 nitrogen and oxygen atoms in total. The molecule has 1 heterocycles. The van der Waals surface area contributed by atoms with E-state index in [9.17, 15) is 0 Å². The van der Waals surface area contributed by atoms with Crippen LogP contribution >= 0.6 is 9.24 Å². The lowest BCUT2D eigenvalue weighted by Crippen LogP contribution is -1.79. The molecule has 0 aromatic carbocycles. The van der Waals surface area contributed by atoms with Crippen LogP contribution in [0.1, 0.15) is 0 Å². The van der Waals surface area contributed by atoms with Crippen LogP contribution in [0.25, 0.3) is 0 Å². The summed E-state index contributed by atoms with van der Waals surface area (Å²) < 4.78 is 9.73. The highest BCUT2D eigenvalue weighted by atomic mass is 31.0. The molecule has 8 heavy (non-hydrogen) atoms. The zero-order chi connectivity index (χ0) is 5.98. The van der Waals surface area contributed by atoms with Crippen LogP contribution in [0, 0.1) is 0 Å². The molecule has 0 aliphatic rings. The minimum atomic E-state index is 0.551. The fraction of sp³-hybridized carbons (Fsp3) is 0.200. The van der Waals surface area contributed by atoms with Gasteiger partial charge in [0.05, 0.1) is 7.11 Å². The Morgan fingerprint density at radius 1 is 1.62 bits per heavy atom. The van der Waals surface area contributed by atoms with Crippen molar-refractivity contribution in [2.24, 2.45) is 0 Å². The van der Waals surface area contributed by atoms with Crippen molar-refractivity contribution in [2.45, 2.75) is 0 Å². The first kappa shape index (κ1) is 5.64. The maximum atomic E-state index is 4.97. The molecule has 0 spiro atoms. The van der Waals surface area contributed by atoms with Gasteiger partial charge < -0.3 is 9.15 Å². The van der Waals surface area contributed by atoms with Crippen molar-refractivity contribution in [3.8, 4) is 5.95 Å². The molecule has 1 unspecified atom stereocenters. The molecule has 0 bridgehead atoms. The second-order valence-electron chi connectivity index (χ2n) is 1.36. The second kappa shape index (κ2) is 2.19. The van der Waals surface area contributed by atoms with E-state index in [0.29, 0.717) is 5.95 Å². The average molecular weight is 130 g/mol. The summed E-state index contributed by atoms with van der Waals surface area (Å²) in [5, 5.41) is 0. The molecule has 1 rings (SSSR count). The van der Waals surface area contributed by atoms with Crippen LogP contribution in [0.5, 0.6) is 5.95 Å². The lowest BCUT2D eigenvalue weighted by molar-refractivity contribution is 0.313. The Labute approximate surface area is 50.0 Å². The Kier molecular flexibility index (Phi) is 1.54. The number of furan rings is 1. The molecule has 44 valence electrons. The molecule has 0 fully saturated rings. The van der Waals surface area contributed by atoms with Crippen molar-refractivity contribution in [1.29, 1.82) is 0 Å². The van der Waals surface area contributed by atoms with Gasteiger partial charge in [-0.3, -0.25) is 0 Å². The number of hydrogen-bond acceptors (Lipinski definition) is 2. The Hall–Kier alpha value is -0.490. The second-order valence-corrected chi connectivity index (χ2v) is 1.93. The minimum Gasteiger partial charge on any atom is -0.468 e. The molecule has 0 radical (unpaired) electrons. The molecule has 0 saturated carbocycles. The van der Waals surface area contributed by atoms with E-state index in [4.69, 9.17) is 9.15 Å². The zero-order valence-corrected chi connectivity index (χ0v) is 5.70. The molecule has 1 aromatic rings. The average Bonchev–Trinajstić information content (AvgIpc) is 2.14. The van der Waals surface area contributed by atoms with Crippen molar-refractivity contribution < 1.29 is 9.15 Å². The van der Waals surface area contributed by atoms with E-state index in [2.05, 4.69) is 9.24 Å². The molecular formula is C5H7O2P. The predicted molar refractivity (Wildman–Crippen MR) is 34.6 cm³/mol. The van der Waals surface area contributed by atoms with Gasteiger partial charge in [-0.25, -0.2) is 0 Å². The van der Waals surface area contributed by atoms with Crippen LogP contribution in [-0.4, -0.2) is 7.11 Å². The van der Waals surface area contributed by atoms with E-state index in [1.807, 2.05) is 6.07 Å². The van der Waals surface area contributed by atoms with E-state index >= 15 is 0 Å². The van der Waals surface area contributed by atoms with Crippen molar-refractivity contribution in [3.05, 3.63) is 12.1 Å². The van der Waals surface area contributed by atoms with Crippen molar-refractivity contribution >= 4 is 14.7 Å². The zero-order valence-electron chi connectivity index (χ0n) is 4.55. The summed E-state index contributed by atoms with van der Waals surface area (Å²) in [5.74, 6) is 0.551. The Morgan fingerprint density at radius 3 is 2.62 bits per heavy atom. The third-order valence-electron chi connectivity index (χ3n) is 0.803. The van der Waals surface area contributed by atoms with Gasteiger partial charge in [0.2, 0.25) is 0 Å². The van der Waals surface area contributed by atoms with Gasteiger partial charge in [-0.2, -0.15) is 0 Å². The molecule has 0 saturated heterocycles. The summed E-state index contributed by atoms with van der Waals surface area (Å²) in [6.45, 7) is 0. The highest BCUT2D eigenvalue weighted by Crippen LogP contribution is 2.08. The summed E-state index contributed by atoms with van der Waals surface area (Å²) in [6.07, 6.45) is 0. The van der Waals surface area contributed by atoms with Crippen molar-refractivity contribution in [3.63, 3.8) is 0 Å². The lowest BCUT2D eigenvalue weighted by Gasteiger charge is -1.87. The first-order valence-corrected chi connectivity index (χ1v) is 2.80. The fourth-order valence-electron chi connectivity index (χ4n) is 0.444. The van der Waals surface area contributed by atoms with E-state index in [1.54, 1.807) is 13.2 Å². The van der Waals surface area contributed by atoms with Gasteiger partial charge in [-0.1, -0.05) is 9.24 Å². The molecule has 0 aliphatic carbocycles. The highest BCUT2D eigenvalue weighted by Gasteiger charge is 1.92. The number of hydrogen-bond donors (Lipinski definition) is 0. The van der Waals surface area contributed by atoms with Crippen LogP contribution in [0.4, 0.5) is 0 Å². The van der Waals surface area contributed by atoms with E-state index in [1.165, 1.54) is 0 Å². The van der Waals surface area contributed by atoms with Crippen LogP contribution in [0.3, 0.4) is 0 Å². The summed E-state index contributed by atoms with van der Waals surface area (Å²) in [6, 6.07) is 3.59. The maximum Gasteiger partial charge on any atom is 0.284 e. The normalized spacial score (nSPS) is 9.25. The highest BCUT2D eigenvalue weighted by molar-refractivity contribution is 7.26. The van der Waals surface area contributed by atoms with Gasteiger partial charge in [0.15, 0.2) is 0 Å². The van der Waals surface area contributed by atoms with Crippen LogP contribution < -0.4 is 10.2 Å². The Morgan fingerprint density at radius 2 is 2.38 bits per heavy atom. The van der Waals surface area contributed by atoms with Crippen LogP contribution in [-0.2, 0) is 0 Å². The third kappa shape index (κ3) is 1.01. The van der Waals surface area contributed by atoms with Gasteiger partial charge >= 0.3 is 0 Å². The number of methoxy groups -OCH3 is 1. The Balaban J connectivity index is 2.84. The van der Waals surface area contributed by atoms with Gasteiger partial charge in [-0.05, 0) is 6.07 Å². The van der Waals surface area contributed by atoms with Gasteiger partial charge in [0.25, 0.3) is 5.95 Å². The first-order valence-electron chi connectivity index (χ1n) is 2.22. The summed E-state index contributed by atoms with van der Waals surface area (Å²) >= 11 is 0. The number of rotatable bonds is 1. The molecular weight excluding hydrogens is 123 g/mol. The quantitative estimate of drug-likeness (QED) is 0.524. The standard InChI is InChI=1S/C5H7O2P/c1-6-4-2-3-5(8)7-4/h2-3H,8H2,1H3. The third-order valence-corrected chi connectivity index (χ3v) is 1.11. The van der Waals surface area contributed by atoms with Crippen LogP contribution in [0.15, 0.2) is 16.5 Å². The Bertz CT molecular complexity index is 171. The molecule has 0 amide bonds. The van der Waals surface area contributed by atoms with E-state index in [-0.39, 0.29) is 0 Å². The summed E-state index contributed by atoms with van der Waals surface area (Å²) in [4.78, 5) is 0. The topological polar surface area (TPSA) is 22.4 Å². The maximum absolute atomic E-state index is 4.97. The monoisotopic (exact) mass is 130 g/mol. The molecule has 0 aliphatic heterocycles. The summed E-state index contributed by atoms with van der Waals surface area (Å²) in [5.41, 5.74) is 0.793. The molecule has 1 atom stereocenters. The SMILES string of the molecule is COc1ccc(P)o1. The fourth-order valence-corrected chi connectivity index (χ4v) is 0.656. The van der Waals surface area contributed by atoms with Gasteiger partial charge in [0.1, 0.15) is 5.50 Å². The van der Waals surface area contributed by atoms with E-state index in [0.717, 1.165) is 5.50 Å². The smallest absolute Gasteiger partial charge is 0.284 e. The molecule has 3 heteroatoms. The van der Waals surface area contributed by atoms with Crippen molar-refractivity contribution in [1.82, 2.24) is 0 Å². The first-order chi connectivity index (χ1) is 3.83. The minimum absolute atomic E-state index is 0.551. The van der Waals surface area contributed by atoms with Gasteiger partial charge in [-0.15, -0.1) is 0 Å². The lowest BCUT2D eigenvalue weighted by atomic mass is 10.6. The molecule has 1 aromatic heterocycles. The predicted octanol–water partition coefficient (Wildman–Crippen LogP) is 0.789. The van der Waals surface area contributed by atoms with Crippen LogP contribution in [0.2, 0.25) is 0 Å². The van der Waals surface area contributed by atoms with Crippen molar-refractivity contribution in [2.75, 3.05) is 7.11 Å². The largest absolute Gasteiger partial charge is 0.468 e. The van der Waals surface area contributed by atoms with E-state index < -0.39 is 0 Å². The molecule has 0 N–H and O–H groups in total. The summed E-state index contributed by atoms with van der Waals surface area (Å²) in [7, 11) is 4.00. The number of ether oxygens (including phenoxy) is 1.